The van der Waals surface area contributed by atoms with Crippen LogP contribution in [0.3, 0.4) is 0 Å². The van der Waals surface area contributed by atoms with E-state index in [-0.39, 0.29) is 12.4 Å². The molecule has 136 valence electrons. The Kier molecular flexibility index (Phi) is 6.79. The Bertz CT molecular complexity index is 530. The normalized spacial score (nSPS) is 23.7. The zero-order valence-corrected chi connectivity index (χ0v) is 16.0. The summed E-state index contributed by atoms with van der Waals surface area (Å²) in [5.74, 6) is 2.21. The molecule has 1 aromatic carbocycles. The average molecular weight is 355 g/mol. The second-order valence-electron chi connectivity index (χ2n) is 7.58. The average Bonchev–Trinajstić information content (AvgIpc) is 3.16. The molecule has 0 aliphatic carbocycles. The van der Waals surface area contributed by atoms with Crippen LogP contribution in [0.4, 0.5) is 0 Å². The monoisotopic (exact) mass is 354 g/mol. The molecular weight excluding hydrogens is 324 g/mol. The molecule has 2 aliphatic heterocycles. The molecule has 0 radical (unpaired) electrons. The van der Waals surface area contributed by atoms with Crippen molar-refractivity contribution in [2.45, 2.75) is 33.2 Å². The van der Waals surface area contributed by atoms with Gasteiger partial charge in [0.25, 0.3) is 0 Å². The summed E-state index contributed by atoms with van der Waals surface area (Å²) in [4.78, 5) is 2.58. The Morgan fingerprint density at radius 2 is 2.08 bits per heavy atom. The lowest BCUT2D eigenvalue weighted by Crippen LogP contribution is -2.28. The highest BCUT2D eigenvalue weighted by Gasteiger charge is 2.40. The van der Waals surface area contributed by atoms with Gasteiger partial charge in [-0.2, -0.15) is 0 Å². The van der Waals surface area contributed by atoms with Gasteiger partial charge in [-0.25, -0.2) is 0 Å². The Morgan fingerprint density at radius 3 is 2.75 bits per heavy atom. The topological polar surface area (TPSA) is 33.7 Å². The van der Waals surface area contributed by atoms with Crippen LogP contribution in [0.5, 0.6) is 11.5 Å². The first-order valence-corrected chi connectivity index (χ1v) is 8.83. The third-order valence-corrected chi connectivity index (χ3v) is 5.06. The molecule has 3 rings (SSSR count). The molecule has 2 fully saturated rings. The van der Waals surface area contributed by atoms with Gasteiger partial charge in [-0.15, -0.1) is 12.4 Å². The van der Waals surface area contributed by atoms with E-state index in [0.29, 0.717) is 11.3 Å². The maximum Gasteiger partial charge on any atom is 0.161 e. The van der Waals surface area contributed by atoms with E-state index in [1.165, 1.54) is 44.6 Å². The van der Waals surface area contributed by atoms with E-state index < -0.39 is 0 Å². The number of nitrogens with zero attached hydrogens (tertiary/aromatic N) is 1. The molecule has 1 atom stereocenters. The number of ether oxygens (including phenoxy) is 2. The highest BCUT2D eigenvalue weighted by Crippen LogP contribution is 2.37. The van der Waals surface area contributed by atoms with Crippen LogP contribution in [0.25, 0.3) is 0 Å². The first kappa shape index (κ1) is 19.4. The van der Waals surface area contributed by atoms with Crippen molar-refractivity contribution in [3.8, 4) is 11.5 Å². The fraction of sp³-hybridized carbons (Fsp3) is 0.684. The quantitative estimate of drug-likeness (QED) is 0.849. The second kappa shape index (κ2) is 8.41. The van der Waals surface area contributed by atoms with E-state index in [2.05, 4.69) is 36.2 Å². The van der Waals surface area contributed by atoms with Crippen LogP contribution in [0.1, 0.15) is 32.3 Å². The van der Waals surface area contributed by atoms with Gasteiger partial charge in [-0.05, 0) is 55.0 Å². The minimum atomic E-state index is 0. The molecule has 2 heterocycles. The Balaban J connectivity index is 0.00000208. The lowest BCUT2D eigenvalue weighted by molar-refractivity contribution is 0.253. The van der Waals surface area contributed by atoms with Crippen LogP contribution in [0.2, 0.25) is 0 Å². The molecule has 5 heteroatoms. The fourth-order valence-corrected chi connectivity index (χ4v) is 3.75. The van der Waals surface area contributed by atoms with Crippen LogP contribution < -0.4 is 14.8 Å². The summed E-state index contributed by atoms with van der Waals surface area (Å²) in [5, 5.41) is 3.53. The first-order valence-electron chi connectivity index (χ1n) is 8.83. The van der Waals surface area contributed by atoms with E-state index in [4.69, 9.17) is 9.47 Å². The molecule has 1 aromatic rings. The molecule has 24 heavy (non-hydrogen) atoms. The summed E-state index contributed by atoms with van der Waals surface area (Å²) in [6.07, 6.45) is 2.65. The van der Waals surface area contributed by atoms with Crippen molar-refractivity contribution < 1.29 is 9.47 Å². The molecule has 1 unspecified atom stereocenters. The van der Waals surface area contributed by atoms with Crippen molar-refractivity contribution >= 4 is 12.4 Å². The van der Waals surface area contributed by atoms with Gasteiger partial charge in [0, 0.05) is 19.6 Å². The summed E-state index contributed by atoms with van der Waals surface area (Å²) in [6, 6.07) is 6.35. The van der Waals surface area contributed by atoms with Crippen molar-refractivity contribution in [3.63, 3.8) is 0 Å². The van der Waals surface area contributed by atoms with Crippen LogP contribution in [0, 0.1) is 11.3 Å². The first-order chi connectivity index (χ1) is 11.1. The van der Waals surface area contributed by atoms with Gasteiger partial charge in [0.1, 0.15) is 0 Å². The van der Waals surface area contributed by atoms with E-state index >= 15 is 0 Å². The fourth-order valence-electron chi connectivity index (χ4n) is 3.75. The summed E-state index contributed by atoms with van der Waals surface area (Å²) >= 11 is 0. The van der Waals surface area contributed by atoms with Gasteiger partial charge in [-0.1, -0.05) is 19.9 Å². The van der Waals surface area contributed by atoms with E-state index in [1.54, 1.807) is 7.11 Å². The third kappa shape index (κ3) is 4.56. The van der Waals surface area contributed by atoms with Crippen LogP contribution in [-0.2, 0) is 6.54 Å². The van der Waals surface area contributed by atoms with Crippen molar-refractivity contribution in [1.82, 2.24) is 10.2 Å². The number of hydrogen-bond acceptors (Lipinski definition) is 4. The maximum atomic E-state index is 5.93. The molecule has 1 N–H and O–H groups in total. The van der Waals surface area contributed by atoms with Gasteiger partial charge in [0.05, 0.1) is 13.7 Å². The molecule has 0 aromatic heterocycles. The minimum Gasteiger partial charge on any atom is -0.493 e. The zero-order valence-electron chi connectivity index (χ0n) is 15.1. The highest BCUT2D eigenvalue weighted by atomic mass is 35.5. The lowest BCUT2D eigenvalue weighted by atomic mass is 9.86. The van der Waals surface area contributed by atoms with Crippen molar-refractivity contribution in [3.05, 3.63) is 23.8 Å². The predicted octanol–water partition coefficient (Wildman–Crippen LogP) is 3.34. The van der Waals surface area contributed by atoms with E-state index in [0.717, 1.165) is 24.7 Å². The summed E-state index contributed by atoms with van der Waals surface area (Å²) < 4.78 is 11.4. The lowest BCUT2D eigenvalue weighted by Gasteiger charge is -2.23. The van der Waals surface area contributed by atoms with Gasteiger partial charge in [0.2, 0.25) is 0 Å². The molecule has 2 saturated heterocycles. The molecular formula is C19H31ClN2O2. The number of benzene rings is 1. The Labute approximate surface area is 152 Å². The maximum absolute atomic E-state index is 5.93. The van der Waals surface area contributed by atoms with E-state index in [1.807, 2.05) is 6.07 Å². The van der Waals surface area contributed by atoms with Crippen LogP contribution in [0.15, 0.2) is 18.2 Å². The van der Waals surface area contributed by atoms with Gasteiger partial charge >= 0.3 is 0 Å². The number of methoxy groups -OCH3 is 1. The second-order valence-corrected chi connectivity index (χ2v) is 7.58. The molecule has 2 aliphatic rings. The predicted molar refractivity (Wildman–Crippen MR) is 100 cm³/mol. The van der Waals surface area contributed by atoms with E-state index in [9.17, 15) is 0 Å². The Morgan fingerprint density at radius 1 is 1.25 bits per heavy atom. The summed E-state index contributed by atoms with van der Waals surface area (Å²) in [6.45, 7) is 10.8. The van der Waals surface area contributed by atoms with Gasteiger partial charge in [-0.3, -0.25) is 4.90 Å². The van der Waals surface area contributed by atoms with Gasteiger partial charge < -0.3 is 14.8 Å². The number of halogens is 1. The largest absolute Gasteiger partial charge is 0.493 e. The van der Waals surface area contributed by atoms with Crippen molar-refractivity contribution in [2.75, 3.05) is 39.9 Å². The molecule has 4 nitrogen and oxygen atoms in total. The molecule has 0 saturated carbocycles. The van der Waals surface area contributed by atoms with Crippen molar-refractivity contribution in [1.29, 1.82) is 0 Å². The van der Waals surface area contributed by atoms with Crippen LogP contribution in [-0.4, -0.2) is 44.8 Å². The number of nitrogens with one attached hydrogen (secondary N) is 1. The van der Waals surface area contributed by atoms with Crippen molar-refractivity contribution in [2.24, 2.45) is 11.3 Å². The zero-order chi connectivity index (χ0) is 16.3. The standard InChI is InChI=1S/C19H30N2O2.ClH/c1-15(2)12-23-18-10-16(4-5-17(18)22-3)11-21-9-7-19(14-21)6-8-20-13-19;/h4-5,10,15,20H,6-9,11-14H2,1-3H3;1H. The third-order valence-electron chi connectivity index (χ3n) is 5.06. The number of rotatable bonds is 6. The summed E-state index contributed by atoms with van der Waals surface area (Å²) in [7, 11) is 1.70. The highest BCUT2D eigenvalue weighted by molar-refractivity contribution is 5.85. The number of likely N-dealkylation sites (tertiary alicyclic amines) is 1. The van der Waals surface area contributed by atoms with Gasteiger partial charge in [0.15, 0.2) is 11.5 Å². The molecule has 1 spiro atoms. The smallest absolute Gasteiger partial charge is 0.161 e. The minimum absolute atomic E-state index is 0. The summed E-state index contributed by atoms with van der Waals surface area (Å²) in [5.41, 5.74) is 1.84. The molecule has 0 amide bonds. The van der Waals surface area contributed by atoms with Crippen LogP contribution >= 0.6 is 12.4 Å². The SMILES string of the molecule is COc1ccc(CN2CCC3(CCNC3)C2)cc1OCC(C)C.Cl. The molecule has 0 bridgehead atoms. The number of hydrogen-bond donors (Lipinski definition) is 1. The Hall–Kier alpha value is -0.970.